The molecule has 0 aliphatic heterocycles. The second-order valence-corrected chi connectivity index (χ2v) is 7.78. The fourth-order valence-electron chi connectivity index (χ4n) is 1.35. The monoisotopic (exact) mass is 432 g/mol. The highest BCUT2D eigenvalue weighted by Gasteiger charge is 2.06. The van der Waals surface area contributed by atoms with Crippen molar-refractivity contribution in [3.63, 3.8) is 0 Å². The molecule has 20 heavy (non-hydrogen) atoms. The van der Waals surface area contributed by atoms with Crippen LogP contribution in [0.1, 0.15) is 15.6 Å². The Balaban J connectivity index is 0.00000361. The van der Waals surface area contributed by atoms with Gasteiger partial charge in [-0.05, 0) is 13.8 Å². The fraction of sp³-hybridized carbons (Fsp3) is 0.636. The van der Waals surface area contributed by atoms with Crippen LogP contribution < -0.4 is 10.6 Å². The van der Waals surface area contributed by atoms with Crippen molar-refractivity contribution in [3.8, 4) is 0 Å². The quantitative estimate of drug-likeness (QED) is 0.414. The Labute approximate surface area is 141 Å². The van der Waals surface area contributed by atoms with Crippen molar-refractivity contribution in [2.24, 2.45) is 4.99 Å². The molecule has 0 amide bonds. The minimum atomic E-state index is -2.95. The topological polar surface area (TPSA) is 83.5 Å². The summed E-state index contributed by atoms with van der Waals surface area (Å²) in [7, 11) is -1.31. The molecule has 1 aromatic heterocycles. The third-order valence-corrected chi connectivity index (χ3v) is 4.49. The maximum absolute atomic E-state index is 11.0. The average Bonchev–Trinajstić information content (AvgIpc) is 2.61. The van der Waals surface area contributed by atoms with E-state index in [4.69, 9.17) is 0 Å². The van der Waals surface area contributed by atoms with E-state index in [0.29, 0.717) is 19.0 Å². The third kappa shape index (κ3) is 7.39. The van der Waals surface area contributed by atoms with Crippen LogP contribution in [0.25, 0.3) is 0 Å². The molecule has 0 bridgehead atoms. The molecule has 1 rings (SSSR count). The lowest BCUT2D eigenvalue weighted by Crippen LogP contribution is -2.39. The molecule has 0 radical (unpaired) electrons. The van der Waals surface area contributed by atoms with Crippen LogP contribution in [0.5, 0.6) is 0 Å². The minimum Gasteiger partial charge on any atom is -0.355 e. The number of hydrogen-bond donors (Lipinski definition) is 2. The molecule has 116 valence electrons. The van der Waals surface area contributed by atoms with Gasteiger partial charge < -0.3 is 10.6 Å². The van der Waals surface area contributed by atoms with Gasteiger partial charge in [0.2, 0.25) is 0 Å². The number of hydrogen-bond acceptors (Lipinski definition) is 5. The van der Waals surface area contributed by atoms with Crippen LogP contribution >= 0.6 is 35.3 Å². The number of aryl methyl sites for hydroxylation is 2. The minimum absolute atomic E-state index is 0. The Hall–Kier alpha value is -0.420. The van der Waals surface area contributed by atoms with Crippen LogP contribution in [0.2, 0.25) is 0 Å². The number of nitrogens with one attached hydrogen (secondary N) is 2. The first kappa shape index (κ1) is 19.6. The number of aliphatic imine (C=N–C) groups is 1. The number of halogens is 1. The zero-order chi connectivity index (χ0) is 14.5. The number of nitrogens with zero attached hydrogens (tertiary/aromatic N) is 2. The number of rotatable bonds is 5. The van der Waals surface area contributed by atoms with Crippen LogP contribution in [0.4, 0.5) is 0 Å². The summed E-state index contributed by atoms with van der Waals surface area (Å²) in [5.41, 5.74) is 1.04. The molecule has 2 N–H and O–H groups in total. The molecule has 0 aliphatic rings. The van der Waals surface area contributed by atoms with Crippen molar-refractivity contribution in [1.29, 1.82) is 0 Å². The van der Waals surface area contributed by atoms with E-state index in [-0.39, 0.29) is 29.7 Å². The fourth-order valence-corrected chi connectivity index (χ4v) is 2.70. The zero-order valence-electron chi connectivity index (χ0n) is 12.1. The van der Waals surface area contributed by atoms with E-state index >= 15 is 0 Å². The summed E-state index contributed by atoms with van der Waals surface area (Å²) in [6.45, 7) is 4.94. The van der Waals surface area contributed by atoms with Gasteiger partial charge in [0.25, 0.3) is 0 Å². The largest absolute Gasteiger partial charge is 0.355 e. The Morgan fingerprint density at radius 1 is 1.35 bits per heavy atom. The van der Waals surface area contributed by atoms with E-state index in [2.05, 4.69) is 20.6 Å². The highest BCUT2D eigenvalue weighted by atomic mass is 127. The molecule has 0 aromatic carbocycles. The van der Waals surface area contributed by atoms with Crippen molar-refractivity contribution in [1.82, 2.24) is 15.6 Å². The van der Waals surface area contributed by atoms with Gasteiger partial charge in [-0.2, -0.15) is 0 Å². The van der Waals surface area contributed by atoms with Gasteiger partial charge >= 0.3 is 0 Å². The van der Waals surface area contributed by atoms with Crippen molar-refractivity contribution >= 4 is 51.1 Å². The summed E-state index contributed by atoms with van der Waals surface area (Å²) in [6, 6.07) is 0. The van der Waals surface area contributed by atoms with Gasteiger partial charge in [0.1, 0.15) is 14.8 Å². The smallest absolute Gasteiger partial charge is 0.191 e. The highest BCUT2D eigenvalue weighted by Crippen LogP contribution is 2.15. The zero-order valence-corrected chi connectivity index (χ0v) is 16.0. The molecule has 9 heteroatoms. The molecule has 1 aromatic rings. The van der Waals surface area contributed by atoms with Gasteiger partial charge in [-0.3, -0.25) is 4.99 Å². The first-order valence-electron chi connectivity index (χ1n) is 5.87. The lowest BCUT2D eigenvalue weighted by Gasteiger charge is -2.10. The molecule has 0 atom stereocenters. The van der Waals surface area contributed by atoms with E-state index in [0.717, 1.165) is 10.7 Å². The first-order valence-corrected chi connectivity index (χ1v) is 8.74. The van der Waals surface area contributed by atoms with E-state index in [1.165, 1.54) is 11.1 Å². The lowest BCUT2D eigenvalue weighted by molar-refractivity contribution is 0.600. The summed E-state index contributed by atoms with van der Waals surface area (Å²) < 4.78 is 22.0. The molecule has 0 fully saturated rings. The number of sulfone groups is 1. The summed E-state index contributed by atoms with van der Waals surface area (Å²) in [5, 5.41) is 7.05. The SMILES string of the molecule is CN=C(NCCS(C)(=O)=O)NCc1nc(C)c(C)s1.I. The Kier molecular flexibility index (Phi) is 8.59. The summed E-state index contributed by atoms with van der Waals surface area (Å²) in [5.74, 6) is 0.664. The van der Waals surface area contributed by atoms with E-state index < -0.39 is 9.84 Å². The molecule has 6 nitrogen and oxygen atoms in total. The van der Waals surface area contributed by atoms with E-state index in [1.54, 1.807) is 18.4 Å². The number of guanidine groups is 1. The molecule has 1 heterocycles. The maximum atomic E-state index is 11.0. The van der Waals surface area contributed by atoms with Crippen molar-refractivity contribution < 1.29 is 8.42 Å². The normalized spacial score (nSPS) is 11.9. The Morgan fingerprint density at radius 3 is 2.45 bits per heavy atom. The summed E-state index contributed by atoms with van der Waals surface area (Å²) in [4.78, 5) is 9.65. The van der Waals surface area contributed by atoms with Gasteiger partial charge in [0, 0.05) is 24.7 Å². The number of thiazole rings is 1. The van der Waals surface area contributed by atoms with Crippen LogP contribution in [-0.2, 0) is 16.4 Å². The average molecular weight is 432 g/mol. The van der Waals surface area contributed by atoms with Gasteiger partial charge in [-0.25, -0.2) is 13.4 Å². The number of aromatic nitrogens is 1. The molecule has 0 aliphatic carbocycles. The standard InChI is InChI=1S/C11H20N4O2S2.HI/c1-8-9(2)18-10(15-8)7-14-11(12-3)13-5-6-19(4,16)17;/h5-7H2,1-4H3,(H2,12,13,14);1H. The van der Waals surface area contributed by atoms with Crippen LogP contribution in [-0.4, -0.2) is 45.0 Å². The lowest BCUT2D eigenvalue weighted by atomic mass is 10.4. The van der Waals surface area contributed by atoms with Crippen LogP contribution in [0.15, 0.2) is 4.99 Å². The second kappa shape index (κ2) is 8.78. The second-order valence-electron chi connectivity index (χ2n) is 4.23. The Bertz CT molecular complexity index is 535. The summed E-state index contributed by atoms with van der Waals surface area (Å²) >= 11 is 1.64. The predicted molar refractivity (Wildman–Crippen MR) is 94.9 cm³/mol. The third-order valence-electron chi connectivity index (χ3n) is 2.47. The van der Waals surface area contributed by atoms with E-state index in [9.17, 15) is 8.42 Å². The first-order chi connectivity index (χ1) is 8.81. The van der Waals surface area contributed by atoms with Crippen LogP contribution in [0.3, 0.4) is 0 Å². The molecule has 0 unspecified atom stereocenters. The molecule has 0 saturated carbocycles. The maximum Gasteiger partial charge on any atom is 0.191 e. The van der Waals surface area contributed by atoms with E-state index in [1.807, 2.05) is 13.8 Å². The summed E-state index contributed by atoms with van der Waals surface area (Å²) in [6.07, 6.45) is 1.21. The van der Waals surface area contributed by atoms with Gasteiger partial charge in [-0.1, -0.05) is 0 Å². The van der Waals surface area contributed by atoms with Crippen molar-refractivity contribution in [2.75, 3.05) is 25.6 Å². The van der Waals surface area contributed by atoms with Gasteiger partial charge in [-0.15, -0.1) is 35.3 Å². The molecular formula is C11H21IN4O2S2. The molecular weight excluding hydrogens is 411 g/mol. The Morgan fingerprint density at radius 2 is 2.00 bits per heavy atom. The van der Waals surface area contributed by atoms with Crippen molar-refractivity contribution in [2.45, 2.75) is 20.4 Å². The highest BCUT2D eigenvalue weighted by molar-refractivity contribution is 14.0. The van der Waals surface area contributed by atoms with Crippen LogP contribution in [0, 0.1) is 13.8 Å². The molecule has 0 spiro atoms. The predicted octanol–water partition coefficient (Wildman–Crippen LogP) is 1.09. The van der Waals surface area contributed by atoms with Gasteiger partial charge in [0.15, 0.2) is 5.96 Å². The van der Waals surface area contributed by atoms with Gasteiger partial charge in [0.05, 0.1) is 18.0 Å². The van der Waals surface area contributed by atoms with Crippen molar-refractivity contribution in [3.05, 3.63) is 15.6 Å². The molecule has 0 saturated heterocycles.